The fourth-order valence-electron chi connectivity index (χ4n) is 17.2. The van der Waals surface area contributed by atoms with Gasteiger partial charge in [0.1, 0.15) is 11.2 Å². The van der Waals surface area contributed by atoms with Crippen molar-refractivity contribution in [3.63, 3.8) is 0 Å². The molecule has 22 aromatic rings. The van der Waals surface area contributed by atoms with Crippen LogP contribution in [0.15, 0.2) is 361 Å². The second-order valence-corrected chi connectivity index (χ2v) is 27.0. The number of benzene rings is 16. The minimum atomic E-state index is 0.844. The van der Waals surface area contributed by atoms with Crippen LogP contribution in [0.2, 0.25) is 0 Å². The van der Waals surface area contributed by atoms with Gasteiger partial charge in [-0.1, -0.05) is 237 Å². The highest BCUT2D eigenvalue weighted by atomic mass is 16.3. The highest BCUT2D eigenvalue weighted by Gasteiger charge is 2.26. The average Bonchev–Trinajstić information content (AvgIpc) is 1.56. The largest absolute Gasteiger partial charge is 0.454 e. The molecule has 474 valence electrons. The SMILES string of the molecule is c1ccc(-c2ccc(-n3c4ccccc4c4cc(-c5cc(-c6ccc(-c7ccc(-n8c9ccccc9c9cc(-c%10cccc%11c%10c%10ccccc%10n%11-c%10ccccc%10)ccc98)c8oc9ccccc9c78)cc6)cc6c7ccccc7n(-c7ccccc7)c56)ccc43)c3oc4ccccc4c23)cc1. The van der Waals surface area contributed by atoms with Crippen LogP contribution in [0, 0.1) is 0 Å². The molecular formula is C96H58N4O2. The molecule has 16 aromatic carbocycles. The smallest absolute Gasteiger partial charge is 0.160 e. The first kappa shape index (κ1) is 56.3. The number of aromatic nitrogens is 4. The van der Waals surface area contributed by atoms with Crippen LogP contribution < -0.4 is 0 Å². The molecule has 0 amide bonds. The van der Waals surface area contributed by atoms with E-state index in [0.717, 1.165) is 150 Å². The Hall–Kier alpha value is -13.7. The molecule has 0 atom stereocenters. The Kier molecular flexibility index (Phi) is 12.1. The summed E-state index contributed by atoms with van der Waals surface area (Å²) in [7, 11) is 0. The van der Waals surface area contributed by atoms with Crippen LogP contribution in [0.5, 0.6) is 0 Å². The first-order valence-electron chi connectivity index (χ1n) is 35.0. The van der Waals surface area contributed by atoms with Crippen LogP contribution in [-0.2, 0) is 0 Å². The molecule has 0 saturated carbocycles. The van der Waals surface area contributed by atoms with Crippen molar-refractivity contribution in [2.24, 2.45) is 0 Å². The van der Waals surface area contributed by atoms with Crippen LogP contribution in [0.4, 0.5) is 0 Å². The van der Waals surface area contributed by atoms with Crippen molar-refractivity contribution < 1.29 is 8.83 Å². The van der Waals surface area contributed by atoms with E-state index in [9.17, 15) is 0 Å². The van der Waals surface area contributed by atoms with Crippen LogP contribution in [0.25, 0.3) is 209 Å². The molecule has 102 heavy (non-hydrogen) atoms. The Balaban J connectivity index is 0.694. The molecule has 0 fully saturated rings. The Bertz CT molecular complexity index is 7220. The first-order chi connectivity index (χ1) is 50.6. The Morgan fingerprint density at radius 3 is 1.13 bits per heavy atom. The number of nitrogens with zero attached hydrogens (tertiary/aromatic N) is 4. The molecule has 0 N–H and O–H groups in total. The topological polar surface area (TPSA) is 46.0 Å². The van der Waals surface area contributed by atoms with E-state index in [2.05, 4.69) is 370 Å². The average molecular weight is 1300 g/mol. The summed E-state index contributed by atoms with van der Waals surface area (Å²) in [6, 6.07) is 128. The molecular weight excluding hydrogens is 1240 g/mol. The maximum absolute atomic E-state index is 7.14. The minimum absolute atomic E-state index is 0.844. The number of para-hydroxylation sites is 8. The number of furan rings is 2. The molecule has 22 rings (SSSR count). The molecule has 0 aliphatic rings. The van der Waals surface area contributed by atoms with Crippen LogP contribution in [0.1, 0.15) is 0 Å². The lowest BCUT2D eigenvalue weighted by Crippen LogP contribution is -1.96. The summed E-state index contributed by atoms with van der Waals surface area (Å²) in [4.78, 5) is 0. The molecule has 0 aliphatic carbocycles. The summed E-state index contributed by atoms with van der Waals surface area (Å²) in [6.45, 7) is 0. The number of hydrogen-bond donors (Lipinski definition) is 0. The minimum Gasteiger partial charge on any atom is -0.454 e. The van der Waals surface area contributed by atoms with Crippen LogP contribution in [-0.4, -0.2) is 18.3 Å². The molecule has 0 bridgehead atoms. The lowest BCUT2D eigenvalue weighted by molar-refractivity contribution is 0.666. The van der Waals surface area contributed by atoms with Crippen LogP contribution in [0.3, 0.4) is 0 Å². The monoisotopic (exact) mass is 1300 g/mol. The predicted octanol–water partition coefficient (Wildman–Crippen LogP) is 26.2. The summed E-state index contributed by atoms with van der Waals surface area (Å²) < 4.78 is 23.8. The summed E-state index contributed by atoms with van der Waals surface area (Å²) in [6.07, 6.45) is 0. The van der Waals surface area contributed by atoms with Crippen molar-refractivity contribution in [2.45, 2.75) is 0 Å². The van der Waals surface area contributed by atoms with E-state index in [0.29, 0.717) is 0 Å². The van der Waals surface area contributed by atoms with E-state index < -0.39 is 0 Å². The van der Waals surface area contributed by atoms with Gasteiger partial charge in [0.2, 0.25) is 0 Å². The summed E-state index contributed by atoms with van der Waals surface area (Å²) in [5.74, 6) is 0. The van der Waals surface area contributed by atoms with E-state index in [-0.39, 0.29) is 0 Å². The molecule has 0 unspecified atom stereocenters. The standard InChI is InChI=1S/C96H58N4O2/c1-4-23-60(24-5-1)68-49-53-87(95-92(68)74-33-14-20-41-89(74)101-95)100-82-38-18-11-30-71(82)78-56-63(48-52-85(78)100)76-57-64(58-79-72-31-12-16-36-80(72)98(94(76)79)66-27-8-3-9-28-66)59-43-45-61(46-44-59)69-50-54-88(96-93(69)75-34-15-21-42-90(75)102-96)99-81-37-17-10-29-70(81)77-55-62(47-51-84(77)99)67-35-22-40-86-91(67)73-32-13-19-39-83(73)97(86)65-25-6-2-7-26-65/h1-58H. The van der Waals surface area contributed by atoms with Gasteiger partial charge in [-0.15, -0.1) is 0 Å². The maximum Gasteiger partial charge on any atom is 0.160 e. The molecule has 6 aromatic heterocycles. The van der Waals surface area contributed by atoms with Crippen LogP contribution >= 0.6 is 0 Å². The lowest BCUT2D eigenvalue weighted by atomic mass is 9.93. The Labute approximate surface area is 584 Å². The summed E-state index contributed by atoms with van der Waals surface area (Å²) >= 11 is 0. The molecule has 0 spiro atoms. The van der Waals surface area contributed by atoms with Crippen molar-refractivity contribution in [2.75, 3.05) is 0 Å². The first-order valence-corrected chi connectivity index (χ1v) is 35.0. The fourth-order valence-corrected chi connectivity index (χ4v) is 17.2. The van der Waals surface area contributed by atoms with E-state index in [1.54, 1.807) is 0 Å². The number of hydrogen-bond acceptors (Lipinski definition) is 2. The van der Waals surface area contributed by atoms with Gasteiger partial charge in [0.05, 0.1) is 55.5 Å². The van der Waals surface area contributed by atoms with Gasteiger partial charge < -0.3 is 27.1 Å². The van der Waals surface area contributed by atoms with Gasteiger partial charge in [-0.3, -0.25) is 0 Å². The second-order valence-electron chi connectivity index (χ2n) is 27.0. The Morgan fingerprint density at radius 1 is 0.186 bits per heavy atom. The quantitative estimate of drug-likeness (QED) is 0.145. The summed E-state index contributed by atoms with van der Waals surface area (Å²) in [5.41, 5.74) is 28.2. The molecule has 0 radical (unpaired) electrons. The van der Waals surface area contributed by atoms with Gasteiger partial charge in [0.15, 0.2) is 11.2 Å². The molecule has 6 heterocycles. The van der Waals surface area contributed by atoms with Gasteiger partial charge in [-0.05, 0) is 165 Å². The van der Waals surface area contributed by atoms with E-state index in [1.165, 1.54) is 59.9 Å². The van der Waals surface area contributed by atoms with Crippen molar-refractivity contribution in [3.8, 4) is 78.4 Å². The van der Waals surface area contributed by atoms with Crippen molar-refractivity contribution in [1.82, 2.24) is 18.3 Å². The fraction of sp³-hybridized carbons (Fsp3) is 0. The second kappa shape index (κ2) is 21.9. The molecule has 6 nitrogen and oxygen atoms in total. The number of rotatable bonds is 9. The molecule has 6 heteroatoms. The zero-order valence-corrected chi connectivity index (χ0v) is 55.1. The zero-order valence-electron chi connectivity index (χ0n) is 55.1. The van der Waals surface area contributed by atoms with Gasteiger partial charge >= 0.3 is 0 Å². The molecule has 0 aliphatic heterocycles. The number of fused-ring (bicyclic) bond motifs is 18. The van der Waals surface area contributed by atoms with Crippen molar-refractivity contribution in [1.29, 1.82) is 0 Å². The van der Waals surface area contributed by atoms with E-state index in [1.807, 2.05) is 0 Å². The summed E-state index contributed by atoms with van der Waals surface area (Å²) in [5, 5.41) is 13.9. The molecule has 0 saturated heterocycles. The van der Waals surface area contributed by atoms with Crippen molar-refractivity contribution in [3.05, 3.63) is 352 Å². The third-order valence-corrected chi connectivity index (χ3v) is 21.6. The zero-order chi connectivity index (χ0) is 66.7. The van der Waals surface area contributed by atoms with Gasteiger partial charge in [0, 0.05) is 81.6 Å². The highest BCUT2D eigenvalue weighted by molar-refractivity contribution is 6.22. The third kappa shape index (κ3) is 8.23. The predicted molar refractivity (Wildman–Crippen MR) is 426 cm³/mol. The Morgan fingerprint density at radius 2 is 0.569 bits per heavy atom. The third-order valence-electron chi connectivity index (χ3n) is 21.6. The van der Waals surface area contributed by atoms with Gasteiger partial charge in [0.25, 0.3) is 0 Å². The van der Waals surface area contributed by atoms with Gasteiger partial charge in [-0.25, -0.2) is 0 Å². The van der Waals surface area contributed by atoms with E-state index >= 15 is 0 Å². The highest BCUT2D eigenvalue weighted by Crippen LogP contribution is 2.49. The maximum atomic E-state index is 7.14. The van der Waals surface area contributed by atoms with Gasteiger partial charge in [-0.2, -0.15) is 0 Å². The van der Waals surface area contributed by atoms with Crippen molar-refractivity contribution >= 4 is 131 Å². The normalized spacial score (nSPS) is 12.1. The van der Waals surface area contributed by atoms with E-state index in [4.69, 9.17) is 8.83 Å². The lowest BCUT2D eigenvalue weighted by Gasteiger charge is -2.15.